The summed E-state index contributed by atoms with van der Waals surface area (Å²) in [6.07, 6.45) is 2.63. The zero-order valence-corrected chi connectivity index (χ0v) is 16.1. The van der Waals surface area contributed by atoms with Gasteiger partial charge in [-0.1, -0.05) is 46.3 Å². The van der Waals surface area contributed by atoms with E-state index in [0.717, 1.165) is 32.8 Å². The molecule has 0 saturated carbocycles. The average molecular weight is 412 g/mol. The van der Waals surface area contributed by atoms with Gasteiger partial charge in [-0.05, 0) is 42.3 Å². The zero-order chi connectivity index (χ0) is 18.7. The first-order valence-corrected chi connectivity index (χ1v) is 8.92. The van der Waals surface area contributed by atoms with Crippen LogP contribution in [0.3, 0.4) is 0 Å². The molecule has 1 heterocycles. The number of aryl methyl sites for hydroxylation is 1. The van der Waals surface area contributed by atoms with Gasteiger partial charge < -0.3 is 9.30 Å². The number of rotatable bonds is 5. The number of carbonyl (C=O) groups is 2. The SMILES string of the molecule is COC(=O)/C(=C/c1ccc(Br)cc1)Cn1c(C=O)c(C)c2ccccc21. The Kier molecular flexibility index (Phi) is 5.38. The molecular formula is C21H18BrNO3. The third-order valence-corrected chi connectivity index (χ3v) is 4.90. The normalized spacial score (nSPS) is 11.6. The Balaban J connectivity index is 2.11. The summed E-state index contributed by atoms with van der Waals surface area (Å²) in [6.45, 7) is 2.17. The van der Waals surface area contributed by atoms with E-state index in [2.05, 4.69) is 15.9 Å². The number of hydrogen-bond acceptors (Lipinski definition) is 3. The number of nitrogens with zero attached hydrogens (tertiary/aromatic N) is 1. The number of aromatic nitrogens is 1. The van der Waals surface area contributed by atoms with Gasteiger partial charge in [0.1, 0.15) is 0 Å². The Morgan fingerprint density at radius 3 is 2.50 bits per heavy atom. The highest BCUT2D eigenvalue weighted by Gasteiger charge is 2.17. The lowest BCUT2D eigenvalue weighted by Crippen LogP contribution is -2.13. The van der Waals surface area contributed by atoms with Crippen molar-refractivity contribution in [1.29, 1.82) is 0 Å². The van der Waals surface area contributed by atoms with Gasteiger partial charge >= 0.3 is 5.97 Å². The van der Waals surface area contributed by atoms with Gasteiger partial charge in [0.25, 0.3) is 0 Å². The van der Waals surface area contributed by atoms with Gasteiger partial charge in [-0.3, -0.25) is 4.79 Å². The Morgan fingerprint density at radius 1 is 1.15 bits per heavy atom. The molecule has 0 atom stereocenters. The Morgan fingerprint density at radius 2 is 1.85 bits per heavy atom. The van der Waals surface area contributed by atoms with Crippen molar-refractivity contribution in [3.05, 3.63) is 75.4 Å². The molecule has 0 radical (unpaired) electrons. The number of hydrogen-bond donors (Lipinski definition) is 0. The maximum absolute atomic E-state index is 12.3. The van der Waals surface area contributed by atoms with Crippen molar-refractivity contribution in [1.82, 2.24) is 4.57 Å². The summed E-state index contributed by atoms with van der Waals surface area (Å²) < 4.78 is 7.78. The van der Waals surface area contributed by atoms with Gasteiger partial charge in [-0.2, -0.15) is 0 Å². The maximum atomic E-state index is 12.3. The topological polar surface area (TPSA) is 48.3 Å². The molecule has 3 rings (SSSR count). The molecule has 0 amide bonds. The first-order chi connectivity index (χ1) is 12.5. The molecule has 0 aliphatic rings. The molecule has 0 saturated heterocycles. The predicted octanol–water partition coefficient (Wildman–Crippen LogP) is 4.78. The first kappa shape index (κ1) is 18.1. The van der Waals surface area contributed by atoms with Crippen LogP contribution >= 0.6 is 15.9 Å². The van der Waals surface area contributed by atoms with Crippen molar-refractivity contribution in [3.8, 4) is 0 Å². The van der Waals surface area contributed by atoms with Crippen LogP contribution < -0.4 is 0 Å². The number of fused-ring (bicyclic) bond motifs is 1. The summed E-state index contributed by atoms with van der Waals surface area (Å²) in [4.78, 5) is 24.0. The van der Waals surface area contributed by atoms with Crippen molar-refractivity contribution < 1.29 is 14.3 Å². The number of esters is 1. The van der Waals surface area contributed by atoms with E-state index in [1.165, 1.54) is 7.11 Å². The molecule has 132 valence electrons. The second kappa shape index (κ2) is 7.70. The lowest BCUT2D eigenvalue weighted by atomic mass is 10.1. The van der Waals surface area contributed by atoms with Crippen molar-refractivity contribution >= 4 is 45.2 Å². The van der Waals surface area contributed by atoms with Gasteiger partial charge in [-0.15, -0.1) is 0 Å². The van der Waals surface area contributed by atoms with Crippen LogP contribution in [-0.2, 0) is 16.1 Å². The Labute approximate surface area is 160 Å². The molecule has 4 nitrogen and oxygen atoms in total. The molecule has 0 unspecified atom stereocenters. The van der Waals surface area contributed by atoms with E-state index in [1.807, 2.05) is 60.0 Å². The van der Waals surface area contributed by atoms with E-state index in [-0.39, 0.29) is 6.54 Å². The third kappa shape index (κ3) is 3.48. The van der Waals surface area contributed by atoms with Gasteiger partial charge in [0.05, 0.1) is 24.9 Å². The fourth-order valence-corrected chi connectivity index (χ4v) is 3.31. The summed E-state index contributed by atoms with van der Waals surface area (Å²) in [5.74, 6) is -0.416. The van der Waals surface area contributed by atoms with Crippen LogP contribution in [0.25, 0.3) is 17.0 Å². The highest BCUT2D eigenvalue weighted by atomic mass is 79.9. The highest BCUT2D eigenvalue weighted by molar-refractivity contribution is 9.10. The monoisotopic (exact) mass is 411 g/mol. The van der Waals surface area contributed by atoms with E-state index in [1.54, 1.807) is 6.08 Å². The van der Waals surface area contributed by atoms with Crippen LogP contribution in [0.15, 0.2) is 58.6 Å². The minimum Gasteiger partial charge on any atom is -0.466 e. The number of halogens is 1. The molecule has 0 fully saturated rings. The van der Waals surface area contributed by atoms with Crippen LogP contribution in [-0.4, -0.2) is 23.9 Å². The van der Waals surface area contributed by atoms with Crippen LogP contribution in [0, 0.1) is 6.92 Å². The van der Waals surface area contributed by atoms with Gasteiger partial charge in [0, 0.05) is 15.4 Å². The molecule has 0 aliphatic carbocycles. The number of ether oxygens (including phenoxy) is 1. The summed E-state index contributed by atoms with van der Waals surface area (Å²) >= 11 is 3.40. The molecule has 0 aliphatic heterocycles. The molecular weight excluding hydrogens is 394 g/mol. The van der Waals surface area contributed by atoms with E-state index in [9.17, 15) is 9.59 Å². The van der Waals surface area contributed by atoms with Crippen LogP contribution in [0.5, 0.6) is 0 Å². The minimum atomic E-state index is -0.416. The molecule has 0 bridgehead atoms. The van der Waals surface area contributed by atoms with E-state index in [4.69, 9.17) is 4.74 Å². The van der Waals surface area contributed by atoms with Gasteiger partial charge in [0.15, 0.2) is 6.29 Å². The second-order valence-corrected chi connectivity index (χ2v) is 6.86. The average Bonchev–Trinajstić information content (AvgIpc) is 2.94. The highest BCUT2D eigenvalue weighted by Crippen LogP contribution is 2.26. The van der Waals surface area contributed by atoms with Crippen molar-refractivity contribution in [2.45, 2.75) is 13.5 Å². The quantitative estimate of drug-likeness (QED) is 0.344. The fraction of sp³-hybridized carbons (Fsp3) is 0.143. The molecule has 1 aromatic heterocycles. The van der Waals surface area contributed by atoms with Crippen LogP contribution in [0.4, 0.5) is 0 Å². The number of aldehydes is 1. The van der Waals surface area contributed by atoms with Gasteiger partial charge in [0.2, 0.25) is 0 Å². The zero-order valence-electron chi connectivity index (χ0n) is 14.5. The summed E-state index contributed by atoms with van der Waals surface area (Å²) in [7, 11) is 1.36. The summed E-state index contributed by atoms with van der Waals surface area (Å²) in [5.41, 5.74) is 3.74. The molecule has 3 aromatic rings. The minimum absolute atomic E-state index is 0.255. The van der Waals surface area contributed by atoms with E-state index >= 15 is 0 Å². The smallest absolute Gasteiger partial charge is 0.335 e. The molecule has 2 aromatic carbocycles. The van der Waals surface area contributed by atoms with Crippen LogP contribution in [0.1, 0.15) is 21.6 Å². The predicted molar refractivity (Wildman–Crippen MR) is 106 cm³/mol. The van der Waals surface area contributed by atoms with E-state index in [0.29, 0.717) is 11.3 Å². The lowest BCUT2D eigenvalue weighted by molar-refractivity contribution is -0.136. The lowest BCUT2D eigenvalue weighted by Gasteiger charge is -2.11. The largest absolute Gasteiger partial charge is 0.466 e. The van der Waals surface area contributed by atoms with Crippen molar-refractivity contribution in [2.75, 3.05) is 7.11 Å². The fourth-order valence-electron chi connectivity index (χ4n) is 3.05. The maximum Gasteiger partial charge on any atom is 0.335 e. The van der Waals surface area contributed by atoms with E-state index < -0.39 is 5.97 Å². The van der Waals surface area contributed by atoms with Crippen molar-refractivity contribution in [3.63, 3.8) is 0 Å². The van der Waals surface area contributed by atoms with Crippen molar-refractivity contribution in [2.24, 2.45) is 0 Å². The number of methoxy groups -OCH3 is 1. The van der Waals surface area contributed by atoms with Gasteiger partial charge in [-0.25, -0.2) is 4.79 Å². The molecule has 0 N–H and O–H groups in total. The Bertz CT molecular complexity index is 1000. The molecule has 5 heteroatoms. The Hall–Kier alpha value is -2.66. The number of benzene rings is 2. The molecule has 26 heavy (non-hydrogen) atoms. The summed E-state index contributed by atoms with van der Waals surface area (Å²) in [6, 6.07) is 15.4. The molecule has 0 spiro atoms. The first-order valence-electron chi connectivity index (χ1n) is 8.12. The van der Waals surface area contributed by atoms with Crippen LogP contribution in [0.2, 0.25) is 0 Å². The summed E-state index contributed by atoms with van der Waals surface area (Å²) in [5, 5.41) is 1.00. The number of para-hydroxylation sites is 1. The standard InChI is InChI=1S/C21H18BrNO3/c1-14-18-5-3-4-6-19(18)23(20(14)13-24)12-16(21(25)26-2)11-15-7-9-17(22)10-8-15/h3-11,13H,12H2,1-2H3/b16-11+. The second-order valence-electron chi connectivity index (χ2n) is 5.94. The number of carbonyl (C=O) groups excluding carboxylic acids is 2. The third-order valence-electron chi connectivity index (χ3n) is 4.37.